The van der Waals surface area contributed by atoms with Crippen LogP contribution in [0.4, 0.5) is 0 Å². The maximum Gasteiger partial charge on any atom is 0.266 e. The summed E-state index contributed by atoms with van der Waals surface area (Å²) in [5.41, 5.74) is 2.93. The fourth-order valence-corrected chi connectivity index (χ4v) is 2.24. The first-order chi connectivity index (χ1) is 10.5. The Labute approximate surface area is 152 Å². The van der Waals surface area contributed by atoms with Crippen LogP contribution >= 0.6 is 24.8 Å². The van der Waals surface area contributed by atoms with E-state index >= 15 is 0 Å². The largest absolute Gasteiger partial charge is 0.383 e. The number of halogens is 2. The average molecular weight is 380 g/mol. The van der Waals surface area contributed by atoms with E-state index in [1.165, 1.54) is 6.07 Å². The van der Waals surface area contributed by atoms with Gasteiger partial charge in [0.25, 0.3) is 5.56 Å². The van der Waals surface area contributed by atoms with E-state index in [0.29, 0.717) is 25.3 Å². The van der Waals surface area contributed by atoms with Gasteiger partial charge in [0.05, 0.1) is 13.2 Å². The van der Waals surface area contributed by atoms with Crippen LogP contribution in [0.25, 0.3) is 5.65 Å². The maximum atomic E-state index is 11.8. The Morgan fingerprint density at radius 3 is 2.75 bits per heavy atom. The number of carbonyl (C=O) groups is 1. The number of H-pyrrole nitrogens is 1. The van der Waals surface area contributed by atoms with Gasteiger partial charge in [-0.25, -0.2) is 9.50 Å². The lowest BCUT2D eigenvalue weighted by atomic mass is 10.1. The minimum Gasteiger partial charge on any atom is -0.383 e. The number of rotatable bonds is 7. The number of carbonyl (C=O) groups excluding carboxylic acids is 1. The summed E-state index contributed by atoms with van der Waals surface area (Å²) >= 11 is 0. The molecule has 0 aliphatic heterocycles. The standard InChI is InChI=1S/C14H21N5O3.2ClH/c1-9-11(7-16-14(21)8-15-4-5-22-3)10(2)19-12(17-9)6-13(20)18-19;;/h6,15H,4-5,7-8H2,1-3H3,(H,16,21)(H,18,20);2*1H. The van der Waals surface area contributed by atoms with Gasteiger partial charge in [-0.2, -0.15) is 0 Å². The Hall–Kier alpha value is -1.61. The lowest BCUT2D eigenvalue weighted by Crippen LogP contribution is -2.35. The number of ether oxygens (including phenoxy) is 1. The zero-order valence-electron chi connectivity index (χ0n) is 13.8. The Morgan fingerprint density at radius 1 is 1.38 bits per heavy atom. The van der Waals surface area contributed by atoms with E-state index in [0.717, 1.165) is 17.0 Å². The summed E-state index contributed by atoms with van der Waals surface area (Å²) in [5.74, 6) is -0.101. The quantitative estimate of drug-likeness (QED) is 0.602. The molecule has 0 spiro atoms. The highest BCUT2D eigenvalue weighted by Crippen LogP contribution is 2.12. The minimum absolute atomic E-state index is 0. The fourth-order valence-electron chi connectivity index (χ4n) is 2.24. The maximum absolute atomic E-state index is 11.8. The van der Waals surface area contributed by atoms with Crippen molar-refractivity contribution in [1.29, 1.82) is 0 Å². The molecule has 2 rings (SSSR count). The molecule has 0 unspecified atom stereocenters. The molecule has 0 saturated heterocycles. The Bertz CT molecular complexity index is 729. The zero-order valence-corrected chi connectivity index (χ0v) is 15.5. The summed E-state index contributed by atoms with van der Waals surface area (Å²) in [6, 6.07) is 1.45. The summed E-state index contributed by atoms with van der Waals surface area (Å²) < 4.78 is 6.53. The first-order valence-corrected chi connectivity index (χ1v) is 7.07. The monoisotopic (exact) mass is 379 g/mol. The number of hydrogen-bond donors (Lipinski definition) is 3. The van der Waals surface area contributed by atoms with Crippen LogP contribution in [0, 0.1) is 13.8 Å². The number of methoxy groups -OCH3 is 1. The molecule has 0 aromatic carbocycles. The number of amides is 1. The third-order valence-corrected chi connectivity index (χ3v) is 3.43. The van der Waals surface area contributed by atoms with E-state index in [2.05, 4.69) is 20.7 Å². The molecule has 1 amide bonds. The van der Waals surface area contributed by atoms with E-state index in [1.54, 1.807) is 11.6 Å². The van der Waals surface area contributed by atoms with Crippen LogP contribution < -0.4 is 16.2 Å². The lowest BCUT2D eigenvalue weighted by Gasteiger charge is -2.12. The average Bonchev–Trinajstić information content (AvgIpc) is 2.84. The zero-order chi connectivity index (χ0) is 16.1. The van der Waals surface area contributed by atoms with Crippen LogP contribution in [0.15, 0.2) is 10.9 Å². The molecule has 2 aromatic heterocycles. The SMILES string of the molecule is COCCNCC(=O)NCc1c(C)nc2cc(=O)[nH]n2c1C.Cl.Cl. The van der Waals surface area contributed by atoms with E-state index in [4.69, 9.17) is 4.74 Å². The first kappa shape index (κ1) is 22.4. The van der Waals surface area contributed by atoms with Crippen molar-refractivity contribution in [3.05, 3.63) is 33.4 Å². The second-order valence-electron chi connectivity index (χ2n) is 5.02. The third-order valence-electron chi connectivity index (χ3n) is 3.43. The summed E-state index contributed by atoms with van der Waals surface area (Å²) in [5, 5.41) is 8.51. The first-order valence-electron chi connectivity index (χ1n) is 7.07. The van der Waals surface area contributed by atoms with Gasteiger partial charge in [-0.3, -0.25) is 14.7 Å². The van der Waals surface area contributed by atoms with E-state index in [9.17, 15) is 9.59 Å². The topological polar surface area (TPSA) is 101 Å². The number of nitrogens with one attached hydrogen (secondary N) is 3. The normalized spacial score (nSPS) is 10.1. The predicted octanol–water partition coefficient (Wildman–Crippen LogP) is 0.335. The van der Waals surface area contributed by atoms with Crippen molar-refractivity contribution < 1.29 is 9.53 Å². The van der Waals surface area contributed by atoms with Crippen molar-refractivity contribution >= 4 is 36.4 Å². The fraction of sp³-hybridized carbons (Fsp3) is 0.500. The number of fused-ring (bicyclic) bond motifs is 1. The molecule has 136 valence electrons. The summed E-state index contributed by atoms with van der Waals surface area (Å²) in [4.78, 5) is 27.5. The second-order valence-corrected chi connectivity index (χ2v) is 5.02. The Kier molecular flexibility index (Phi) is 9.60. The van der Waals surface area contributed by atoms with Crippen molar-refractivity contribution in [3.63, 3.8) is 0 Å². The van der Waals surface area contributed by atoms with Gasteiger partial charge >= 0.3 is 0 Å². The van der Waals surface area contributed by atoms with Gasteiger partial charge in [-0.05, 0) is 13.8 Å². The molecular weight excluding hydrogens is 357 g/mol. The molecule has 0 bridgehead atoms. The highest BCUT2D eigenvalue weighted by Gasteiger charge is 2.11. The van der Waals surface area contributed by atoms with Crippen LogP contribution in [-0.4, -0.2) is 47.3 Å². The highest BCUT2D eigenvalue weighted by atomic mass is 35.5. The molecule has 2 aromatic rings. The molecular formula is C14H23Cl2N5O3. The van der Waals surface area contributed by atoms with Gasteiger partial charge in [0.2, 0.25) is 5.91 Å². The molecule has 0 aliphatic carbocycles. The van der Waals surface area contributed by atoms with Gasteiger partial charge < -0.3 is 15.4 Å². The number of aromatic amines is 1. The number of aryl methyl sites for hydroxylation is 2. The van der Waals surface area contributed by atoms with Crippen LogP contribution in [0.2, 0.25) is 0 Å². The second kappa shape index (κ2) is 10.3. The molecule has 0 aliphatic rings. The van der Waals surface area contributed by atoms with Gasteiger partial charge in [-0.1, -0.05) is 0 Å². The summed E-state index contributed by atoms with van der Waals surface area (Å²) in [6.07, 6.45) is 0. The van der Waals surface area contributed by atoms with Gasteiger partial charge in [0.1, 0.15) is 0 Å². The van der Waals surface area contributed by atoms with Gasteiger partial charge in [0, 0.05) is 43.2 Å². The molecule has 0 atom stereocenters. The smallest absolute Gasteiger partial charge is 0.266 e. The Balaban J connectivity index is 0.00000264. The van der Waals surface area contributed by atoms with Crippen molar-refractivity contribution in [3.8, 4) is 0 Å². The van der Waals surface area contributed by atoms with Gasteiger partial charge in [0.15, 0.2) is 5.65 Å². The molecule has 24 heavy (non-hydrogen) atoms. The van der Waals surface area contributed by atoms with Crippen LogP contribution in [-0.2, 0) is 16.1 Å². The van der Waals surface area contributed by atoms with E-state index in [1.807, 2.05) is 13.8 Å². The molecule has 0 fully saturated rings. The predicted molar refractivity (Wildman–Crippen MR) is 96.4 cm³/mol. The van der Waals surface area contributed by atoms with E-state index < -0.39 is 0 Å². The van der Waals surface area contributed by atoms with Crippen molar-refractivity contribution in [2.75, 3.05) is 26.8 Å². The number of hydrogen-bond acceptors (Lipinski definition) is 5. The van der Waals surface area contributed by atoms with E-state index in [-0.39, 0.29) is 42.8 Å². The molecule has 3 N–H and O–H groups in total. The van der Waals surface area contributed by atoms with Crippen LogP contribution in [0.1, 0.15) is 17.0 Å². The molecule has 2 heterocycles. The molecule has 8 nitrogen and oxygen atoms in total. The molecule has 10 heteroatoms. The molecule has 0 radical (unpaired) electrons. The van der Waals surface area contributed by atoms with Crippen LogP contribution in [0.3, 0.4) is 0 Å². The summed E-state index contributed by atoms with van der Waals surface area (Å²) in [6.45, 7) is 5.54. The minimum atomic E-state index is -0.196. The number of aromatic nitrogens is 3. The van der Waals surface area contributed by atoms with Crippen molar-refractivity contribution in [1.82, 2.24) is 25.2 Å². The van der Waals surface area contributed by atoms with Crippen molar-refractivity contribution in [2.45, 2.75) is 20.4 Å². The lowest BCUT2D eigenvalue weighted by molar-refractivity contribution is -0.120. The third kappa shape index (κ3) is 5.48. The number of nitrogens with zero attached hydrogens (tertiary/aromatic N) is 2. The van der Waals surface area contributed by atoms with Crippen LogP contribution in [0.5, 0.6) is 0 Å². The highest BCUT2D eigenvalue weighted by molar-refractivity contribution is 5.85. The summed E-state index contributed by atoms with van der Waals surface area (Å²) in [7, 11) is 1.61. The molecule has 0 saturated carbocycles. The van der Waals surface area contributed by atoms with Gasteiger partial charge in [-0.15, -0.1) is 24.8 Å². The van der Waals surface area contributed by atoms with Crippen molar-refractivity contribution in [2.24, 2.45) is 0 Å². The Morgan fingerprint density at radius 2 is 2.08 bits per heavy atom.